The molecule has 0 aliphatic carbocycles. The Kier molecular flexibility index (Phi) is 8.62. The van der Waals surface area contributed by atoms with Gasteiger partial charge in [0.2, 0.25) is 5.91 Å². The second-order valence-corrected chi connectivity index (χ2v) is 7.96. The average Bonchev–Trinajstić information content (AvgIpc) is 2.96. The van der Waals surface area contributed by atoms with Crippen LogP contribution >= 0.6 is 0 Å². The predicted octanol–water partition coefficient (Wildman–Crippen LogP) is 3.04. The fourth-order valence-corrected chi connectivity index (χ4v) is 3.89. The molecule has 0 atom stereocenters. The third kappa shape index (κ3) is 6.29. The Morgan fingerprint density at radius 2 is 1.56 bits per heavy atom. The van der Waals surface area contributed by atoms with Crippen molar-refractivity contribution in [2.24, 2.45) is 0 Å². The third-order valence-corrected chi connectivity index (χ3v) is 5.82. The summed E-state index contributed by atoms with van der Waals surface area (Å²) in [5.41, 5.74) is 2.19. The van der Waals surface area contributed by atoms with Crippen LogP contribution in [0.25, 0.3) is 0 Å². The van der Waals surface area contributed by atoms with Gasteiger partial charge in [0.1, 0.15) is 18.1 Å². The quantitative estimate of drug-likeness (QED) is 0.533. The van der Waals surface area contributed by atoms with Crippen LogP contribution in [0.4, 0.5) is 0 Å². The number of hydrogen-bond acceptors (Lipinski definition) is 6. The van der Waals surface area contributed by atoms with E-state index in [9.17, 15) is 4.79 Å². The number of ether oxygens (including phenoxy) is 4. The summed E-state index contributed by atoms with van der Waals surface area (Å²) in [6, 6.07) is 11.5. The van der Waals surface area contributed by atoms with E-state index >= 15 is 0 Å². The summed E-state index contributed by atoms with van der Waals surface area (Å²) in [4.78, 5) is 17.0. The number of methoxy groups -OCH3 is 3. The lowest BCUT2D eigenvalue weighted by atomic mass is 10.0. The van der Waals surface area contributed by atoms with Crippen LogP contribution in [0.15, 0.2) is 36.4 Å². The zero-order valence-electron chi connectivity index (χ0n) is 19.6. The van der Waals surface area contributed by atoms with Gasteiger partial charge >= 0.3 is 0 Å². The molecule has 2 aromatic carbocycles. The fourth-order valence-electron chi connectivity index (χ4n) is 3.89. The number of amides is 1. The van der Waals surface area contributed by atoms with E-state index < -0.39 is 0 Å². The number of fused-ring (bicyclic) bond motifs is 1. The van der Waals surface area contributed by atoms with Crippen molar-refractivity contribution >= 4 is 5.91 Å². The van der Waals surface area contributed by atoms with Gasteiger partial charge in [0.25, 0.3) is 0 Å². The largest absolute Gasteiger partial charge is 0.497 e. The molecule has 0 radical (unpaired) electrons. The molecule has 0 saturated carbocycles. The standard InChI is InChI=1S/C25H34N2O5/c1-26(14-15-32-22-8-6-21(29-2)7-9-22)11-5-12-27-13-10-19-16-23(30-3)24(31-4)17-20(19)18-25(27)28/h6-9,16-17H,5,10-15,18H2,1-4H3. The molecular formula is C25H34N2O5. The Morgan fingerprint density at radius 3 is 2.22 bits per heavy atom. The van der Waals surface area contributed by atoms with Crippen molar-refractivity contribution in [3.05, 3.63) is 47.5 Å². The topological polar surface area (TPSA) is 60.5 Å². The minimum absolute atomic E-state index is 0.168. The maximum absolute atomic E-state index is 12.8. The molecule has 174 valence electrons. The summed E-state index contributed by atoms with van der Waals surface area (Å²) in [7, 11) is 6.98. The van der Waals surface area contributed by atoms with E-state index in [1.165, 1.54) is 0 Å². The van der Waals surface area contributed by atoms with E-state index in [2.05, 4.69) is 11.9 Å². The molecule has 0 N–H and O–H groups in total. The first kappa shape index (κ1) is 23.7. The molecule has 1 aliphatic heterocycles. The molecule has 7 heteroatoms. The first-order valence-corrected chi connectivity index (χ1v) is 11.0. The molecule has 1 aliphatic rings. The Balaban J connectivity index is 1.41. The van der Waals surface area contributed by atoms with Crippen molar-refractivity contribution in [3.63, 3.8) is 0 Å². The lowest BCUT2D eigenvalue weighted by Crippen LogP contribution is -2.35. The van der Waals surface area contributed by atoms with Crippen LogP contribution in [-0.2, 0) is 17.6 Å². The number of likely N-dealkylation sites (N-methyl/N-ethyl adjacent to an activating group) is 1. The molecule has 3 rings (SSSR count). The molecule has 2 aromatic rings. The van der Waals surface area contributed by atoms with E-state index in [4.69, 9.17) is 18.9 Å². The SMILES string of the molecule is COc1ccc(OCCN(C)CCCN2CCc3cc(OC)c(OC)cc3CC2=O)cc1. The minimum Gasteiger partial charge on any atom is -0.497 e. The molecule has 7 nitrogen and oxygen atoms in total. The van der Waals surface area contributed by atoms with Crippen LogP contribution in [0.3, 0.4) is 0 Å². The number of nitrogens with zero attached hydrogens (tertiary/aromatic N) is 2. The fraction of sp³-hybridized carbons (Fsp3) is 0.480. The number of carbonyl (C=O) groups excluding carboxylic acids is 1. The summed E-state index contributed by atoms with van der Waals surface area (Å²) in [6.45, 7) is 3.83. The molecule has 0 fully saturated rings. The first-order valence-electron chi connectivity index (χ1n) is 11.0. The van der Waals surface area contributed by atoms with Gasteiger partial charge < -0.3 is 28.7 Å². The molecule has 1 amide bonds. The van der Waals surface area contributed by atoms with Gasteiger partial charge in [0, 0.05) is 19.6 Å². The Labute approximate surface area is 190 Å². The number of benzene rings is 2. The molecular weight excluding hydrogens is 408 g/mol. The highest BCUT2D eigenvalue weighted by molar-refractivity contribution is 5.80. The minimum atomic E-state index is 0.168. The van der Waals surface area contributed by atoms with Crippen molar-refractivity contribution in [1.29, 1.82) is 0 Å². The van der Waals surface area contributed by atoms with Gasteiger partial charge in [0.15, 0.2) is 11.5 Å². The van der Waals surface area contributed by atoms with Crippen molar-refractivity contribution < 1.29 is 23.7 Å². The summed E-state index contributed by atoms with van der Waals surface area (Å²) in [5.74, 6) is 3.21. The maximum Gasteiger partial charge on any atom is 0.227 e. The highest BCUT2D eigenvalue weighted by Gasteiger charge is 2.22. The van der Waals surface area contributed by atoms with Crippen LogP contribution in [0.1, 0.15) is 17.5 Å². The monoisotopic (exact) mass is 442 g/mol. The molecule has 0 saturated heterocycles. The van der Waals surface area contributed by atoms with Gasteiger partial charge in [-0.3, -0.25) is 4.79 Å². The van der Waals surface area contributed by atoms with E-state index in [-0.39, 0.29) is 5.91 Å². The average molecular weight is 443 g/mol. The van der Waals surface area contributed by atoms with Crippen LogP contribution < -0.4 is 18.9 Å². The van der Waals surface area contributed by atoms with Crippen LogP contribution in [0, 0.1) is 0 Å². The van der Waals surface area contributed by atoms with E-state index in [0.29, 0.717) is 24.5 Å². The highest BCUT2D eigenvalue weighted by Crippen LogP contribution is 2.32. The van der Waals surface area contributed by atoms with Gasteiger partial charge in [0.05, 0.1) is 27.8 Å². The zero-order valence-corrected chi connectivity index (χ0v) is 19.6. The second-order valence-electron chi connectivity index (χ2n) is 7.96. The molecule has 0 spiro atoms. The van der Waals surface area contributed by atoms with Crippen LogP contribution in [-0.4, -0.2) is 76.9 Å². The Bertz CT molecular complexity index is 885. The lowest BCUT2D eigenvalue weighted by Gasteiger charge is -2.23. The van der Waals surface area contributed by atoms with Crippen molar-refractivity contribution in [2.45, 2.75) is 19.3 Å². The van der Waals surface area contributed by atoms with Crippen LogP contribution in [0.5, 0.6) is 23.0 Å². The molecule has 1 heterocycles. The van der Waals surface area contributed by atoms with E-state index in [1.807, 2.05) is 41.3 Å². The van der Waals surface area contributed by atoms with Gasteiger partial charge in [-0.25, -0.2) is 0 Å². The van der Waals surface area contributed by atoms with Crippen molar-refractivity contribution in [3.8, 4) is 23.0 Å². The maximum atomic E-state index is 12.8. The normalized spacial score (nSPS) is 13.5. The summed E-state index contributed by atoms with van der Waals surface area (Å²) in [5, 5.41) is 0. The number of hydrogen-bond donors (Lipinski definition) is 0. The zero-order chi connectivity index (χ0) is 22.9. The smallest absolute Gasteiger partial charge is 0.227 e. The molecule has 32 heavy (non-hydrogen) atoms. The second kappa shape index (κ2) is 11.6. The summed E-state index contributed by atoms with van der Waals surface area (Å²) < 4.78 is 21.8. The predicted molar refractivity (Wildman–Crippen MR) is 124 cm³/mol. The molecule has 0 unspecified atom stereocenters. The van der Waals surface area contributed by atoms with Gasteiger partial charge in [-0.2, -0.15) is 0 Å². The number of rotatable bonds is 11. The van der Waals surface area contributed by atoms with E-state index in [0.717, 1.165) is 61.6 Å². The van der Waals surface area contributed by atoms with Crippen LogP contribution in [0.2, 0.25) is 0 Å². The number of carbonyl (C=O) groups is 1. The first-order chi connectivity index (χ1) is 15.5. The summed E-state index contributed by atoms with van der Waals surface area (Å²) >= 11 is 0. The Hall–Kier alpha value is -2.93. The van der Waals surface area contributed by atoms with Gasteiger partial charge in [-0.15, -0.1) is 0 Å². The van der Waals surface area contributed by atoms with Gasteiger partial charge in [-0.1, -0.05) is 0 Å². The molecule has 0 aromatic heterocycles. The lowest BCUT2D eigenvalue weighted by molar-refractivity contribution is -0.130. The van der Waals surface area contributed by atoms with Gasteiger partial charge in [-0.05, 0) is 74.0 Å². The molecule has 0 bridgehead atoms. The third-order valence-electron chi connectivity index (χ3n) is 5.82. The van der Waals surface area contributed by atoms with Crippen molar-refractivity contribution in [2.75, 3.05) is 61.2 Å². The van der Waals surface area contributed by atoms with E-state index in [1.54, 1.807) is 21.3 Å². The highest BCUT2D eigenvalue weighted by atomic mass is 16.5. The van der Waals surface area contributed by atoms with Crippen molar-refractivity contribution in [1.82, 2.24) is 9.80 Å². The summed E-state index contributed by atoms with van der Waals surface area (Å²) in [6.07, 6.45) is 2.15. The Morgan fingerprint density at radius 1 is 0.906 bits per heavy atom.